The van der Waals surface area contributed by atoms with E-state index < -0.39 is 5.60 Å². The van der Waals surface area contributed by atoms with Gasteiger partial charge in [-0.25, -0.2) is 9.78 Å². The van der Waals surface area contributed by atoms with Crippen LogP contribution in [0.4, 0.5) is 4.79 Å². The van der Waals surface area contributed by atoms with Crippen molar-refractivity contribution in [2.45, 2.75) is 58.2 Å². The third kappa shape index (κ3) is 3.86. The van der Waals surface area contributed by atoms with Gasteiger partial charge < -0.3 is 9.72 Å². The van der Waals surface area contributed by atoms with Gasteiger partial charge in [-0.3, -0.25) is 9.88 Å². The van der Waals surface area contributed by atoms with E-state index in [1.54, 1.807) is 11.1 Å². The highest BCUT2D eigenvalue weighted by Crippen LogP contribution is 2.34. The number of pyridine rings is 1. The van der Waals surface area contributed by atoms with E-state index >= 15 is 0 Å². The first-order valence-corrected chi connectivity index (χ1v) is 9.78. The molecule has 4 rings (SSSR count). The van der Waals surface area contributed by atoms with Crippen molar-refractivity contribution in [2.24, 2.45) is 0 Å². The summed E-state index contributed by atoms with van der Waals surface area (Å²) in [5.41, 5.74) is 3.46. The second kappa shape index (κ2) is 7.26. The number of H-pyrrole nitrogens is 1. The smallest absolute Gasteiger partial charge is 0.411 e. The number of rotatable bonds is 3. The van der Waals surface area contributed by atoms with Gasteiger partial charge in [0, 0.05) is 6.20 Å². The van der Waals surface area contributed by atoms with E-state index in [0.29, 0.717) is 6.54 Å². The first-order valence-electron chi connectivity index (χ1n) is 9.78. The van der Waals surface area contributed by atoms with Crippen LogP contribution in [0, 0.1) is 0 Å². The Balaban J connectivity index is 1.69. The van der Waals surface area contributed by atoms with E-state index in [0.717, 1.165) is 41.8 Å². The van der Waals surface area contributed by atoms with Crippen LogP contribution in [-0.4, -0.2) is 31.5 Å². The Hall–Kier alpha value is -2.89. The summed E-state index contributed by atoms with van der Waals surface area (Å²) < 4.78 is 5.73. The molecule has 0 saturated heterocycles. The second-order valence-corrected chi connectivity index (χ2v) is 8.26. The first kappa shape index (κ1) is 18.5. The lowest BCUT2D eigenvalue weighted by Gasteiger charge is -2.35. The number of nitrogens with one attached hydrogen (secondary N) is 1. The lowest BCUT2D eigenvalue weighted by atomic mass is 9.91. The summed E-state index contributed by atoms with van der Waals surface area (Å²) in [6.45, 7) is 6.01. The maximum Gasteiger partial charge on any atom is 0.411 e. The number of aromatic amines is 1. The number of hydrogen-bond acceptors (Lipinski definition) is 4. The van der Waals surface area contributed by atoms with Crippen molar-refractivity contribution < 1.29 is 9.53 Å². The highest BCUT2D eigenvalue weighted by molar-refractivity contribution is 5.75. The molecule has 0 spiro atoms. The quantitative estimate of drug-likeness (QED) is 0.712. The zero-order valence-corrected chi connectivity index (χ0v) is 16.6. The van der Waals surface area contributed by atoms with Gasteiger partial charge in [-0.2, -0.15) is 0 Å². The molecule has 6 nitrogen and oxygen atoms in total. The summed E-state index contributed by atoms with van der Waals surface area (Å²) in [4.78, 5) is 27.5. The van der Waals surface area contributed by atoms with Gasteiger partial charge in [0.15, 0.2) is 0 Å². The monoisotopic (exact) mass is 378 g/mol. The van der Waals surface area contributed by atoms with Crippen LogP contribution in [0.3, 0.4) is 0 Å². The predicted octanol–water partition coefficient (Wildman–Crippen LogP) is 4.77. The number of fused-ring (bicyclic) bond motifs is 2. The summed E-state index contributed by atoms with van der Waals surface area (Å²) >= 11 is 0. The Morgan fingerprint density at radius 3 is 2.86 bits per heavy atom. The summed E-state index contributed by atoms with van der Waals surface area (Å²) in [7, 11) is 0. The maximum atomic E-state index is 13.1. The molecule has 3 aromatic rings. The Labute approximate surface area is 164 Å². The van der Waals surface area contributed by atoms with Crippen LogP contribution in [-0.2, 0) is 17.7 Å². The van der Waals surface area contributed by atoms with Crippen molar-refractivity contribution in [2.75, 3.05) is 0 Å². The minimum Gasteiger partial charge on any atom is -0.444 e. The Morgan fingerprint density at radius 1 is 1.25 bits per heavy atom. The average molecular weight is 378 g/mol. The van der Waals surface area contributed by atoms with E-state index in [4.69, 9.17) is 4.74 Å². The van der Waals surface area contributed by atoms with E-state index in [2.05, 4.69) is 21.0 Å². The number of ether oxygens (including phenoxy) is 1. The predicted molar refractivity (Wildman–Crippen MR) is 108 cm³/mol. The van der Waals surface area contributed by atoms with Crippen LogP contribution in [0.25, 0.3) is 11.0 Å². The third-order valence-electron chi connectivity index (χ3n) is 4.93. The van der Waals surface area contributed by atoms with Crippen molar-refractivity contribution in [1.82, 2.24) is 19.9 Å². The lowest BCUT2D eigenvalue weighted by Crippen LogP contribution is -2.40. The van der Waals surface area contributed by atoms with Crippen LogP contribution in [0.15, 0.2) is 42.6 Å². The molecule has 28 heavy (non-hydrogen) atoms. The number of para-hydroxylation sites is 2. The van der Waals surface area contributed by atoms with Crippen LogP contribution in [0.5, 0.6) is 0 Å². The molecule has 1 atom stereocenters. The molecule has 0 aliphatic heterocycles. The van der Waals surface area contributed by atoms with Gasteiger partial charge in [-0.05, 0) is 63.8 Å². The molecule has 0 saturated carbocycles. The summed E-state index contributed by atoms with van der Waals surface area (Å²) in [5.74, 6) is 0.745. The number of benzene rings is 1. The minimum absolute atomic E-state index is 0.118. The van der Waals surface area contributed by atoms with E-state index in [-0.39, 0.29) is 12.1 Å². The van der Waals surface area contributed by atoms with Gasteiger partial charge in [0.1, 0.15) is 11.4 Å². The number of hydrogen-bond donors (Lipinski definition) is 1. The van der Waals surface area contributed by atoms with Gasteiger partial charge in [0.25, 0.3) is 0 Å². The highest BCUT2D eigenvalue weighted by Gasteiger charge is 2.33. The van der Waals surface area contributed by atoms with Crippen molar-refractivity contribution >= 4 is 17.1 Å². The summed E-state index contributed by atoms with van der Waals surface area (Å²) in [6, 6.07) is 11.8. The maximum absolute atomic E-state index is 13.1. The molecule has 6 heteroatoms. The van der Waals surface area contributed by atoms with Crippen molar-refractivity contribution in [3.63, 3.8) is 0 Å². The number of nitrogens with zero attached hydrogens (tertiary/aromatic N) is 3. The molecule has 1 unspecified atom stereocenters. The fraction of sp³-hybridized carbons (Fsp3) is 0.409. The fourth-order valence-corrected chi connectivity index (χ4v) is 3.75. The molecule has 2 aromatic heterocycles. The summed E-state index contributed by atoms with van der Waals surface area (Å²) in [6.07, 6.45) is 4.33. The normalized spacial score (nSPS) is 16.6. The van der Waals surface area contributed by atoms with Crippen molar-refractivity contribution in [1.29, 1.82) is 0 Å². The minimum atomic E-state index is -0.565. The first-order chi connectivity index (χ1) is 13.4. The number of aryl methyl sites for hydroxylation is 1. The molecule has 0 radical (unpaired) electrons. The lowest BCUT2D eigenvalue weighted by molar-refractivity contribution is 0.0107. The number of amides is 1. The van der Waals surface area contributed by atoms with E-state index in [1.165, 1.54) is 5.56 Å². The number of carbonyl (C=O) groups is 1. The number of imidazole rings is 1. The topological polar surface area (TPSA) is 71.1 Å². The van der Waals surface area contributed by atoms with Crippen molar-refractivity contribution in [3.8, 4) is 0 Å². The molecule has 146 valence electrons. The Kier molecular flexibility index (Phi) is 4.79. The molecule has 1 N–H and O–H groups in total. The Morgan fingerprint density at radius 2 is 2.07 bits per heavy atom. The highest BCUT2D eigenvalue weighted by atomic mass is 16.6. The Bertz CT molecular complexity index is 956. The largest absolute Gasteiger partial charge is 0.444 e. The molecule has 1 aliphatic carbocycles. The average Bonchev–Trinajstić information content (AvgIpc) is 3.07. The molecule has 1 aliphatic rings. The van der Waals surface area contributed by atoms with Crippen LogP contribution in [0.2, 0.25) is 0 Å². The van der Waals surface area contributed by atoms with Gasteiger partial charge in [0.2, 0.25) is 0 Å². The van der Waals surface area contributed by atoms with E-state index in [9.17, 15) is 4.79 Å². The molecule has 0 bridgehead atoms. The SMILES string of the molecule is CC(C)(C)OC(=O)N(Cc1nc2ccccc2[nH]1)C1CCCc2cccnc21. The van der Waals surface area contributed by atoms with Crippen LogP contribution < -0.4 is 0 Å². The number of aromatic nitrogens is 3. The molecular formula is C22H26N4O2. The molecule has 1 aromatic carbocycles. The van der Waals surface area contributed by atoms with E-state index in [1.807, 2.05) is 51.1 Å². The zero-order chi connectivity index (χ0) is 19.7. The standard InChI is InChI=1S/C22H26N4O2/c1-22(2,3)28-21(27)26(14-19-24-16-10-4-5-11-17(16)25-19)18-12-6-8-15-9-7-13-23-20(15)18/h4-5,7,9-11,13,18H,6,8,12,14H2,1-3H3,(H,24,25). The number of carbonyl (C=O) groups excluding carboxylic acids is 1. The third-order valence-corrected chi connectivity index (χ3v) is 4.93. The van der Waals surface area contributed by atoms with Crippen LogP contribution in [0.1, 0.15) is 56.7 Å². The molecule has 2 heterocycles. The van der Waals surface area contributed by atoms with Gasteiger partial charge in [-0.15, -0.1) is 0 Å². The van der Waals surface area contributed by atoms with Crippen LogP contribution >= 0.6 is 0 Å². The molecule has 0 fully saturated rings. The zero-order valence-electron chi connectivity index (χ0n) is 16.6. The van der Waals surface area contributed by atoms with Gasteiger partial charge in [0.05, 0.1) is 29.3 Å². The molecular weight excluding hydrogens is 352 g/mol. The van der Waals surface area contributed by atoms with Gasteiger partial charge >= 0.3 is 6.09 Å². The molecule has 1 amide bonds. The fourth-order valence-electron chi connectivity index (χ4n) is 3.75. The summed E-state index contributed by atoms with van der Waals surface area (Å²) in [5, 5.41) is 0. The van der Waals surface area contributed by atoms with Crippen molar-refractivity contribution in [3.05, 3.63) is 59.7 Å². The van der Waals surface area contributed by atoms with Gasteiger partial charge in [-0.1, -0.05) is 18.2 Å². The second-order valence-electron chi connectivity index (χ2n) is 8.26.